The van der Waals surface area contributed by atoms with Crippen LogP contribution in [0.1, 0.15) is 52.7 Å². The zero-order chi connectivity index (χ0) is 29.4. The molecule has 0 aliphatic rings. The lowest BCUT2D eigenvalue weighted by atomic mass is 9.79. The minimum atomic E-state index is -0.00730. The van der Waals surface area contributed by atoms with Gasteiger partial charge in [-0.1, -0.05) is 130 Å². The van der Waals surface area contributed by atoms with E-state index in [4.69, 9.17) is 0 Å². The van der Waals surface area contributed by atoms with E-state index in [0.29, 0.717) is 0 Å². The first-order valence-electron chi connectivity index (χ1n) is 14.1. The molecule has 0 saturated carbocycles. The van der Waals surface area contributed by atoms with Crippen molar-refractivity contribution in [3.63, 3.8) is 0 Å². The molecule has 5 rings (SSSR count). The Balaban J connectivity index is 1.75. The molecule has 0 saturated heterocycles. The predicted molar refractivity (Wildman–Crippen MR) is 179 cm³/mol. The monoisotopic (exact) mass is 603 g/mol. The quantitative estimate of drug-likeness (QED) is 0.216. The van der Waals surface area contributed by atoms with Gasteiger partial charge in [-0.3, -0.25) is 0 Å². The Labute approximate surface area is 253 Å². The van der Waals surface area contributed by atoms with Crippen LogP contribution >= 0.6 is 15.9 Å². The molecule has 5 aromatic rings. The second kappa shape index (κ2) is 11.2. The number of para-hydroxylation sites is 1. The number of benzene rings is 5. The largest absolute Gasteiger partial charge is 0.508 e. The van der Waals surface area contributed by atoms with Crippen LogP contribution in [-0.4, -0.2) is 5.11 Å². The molecule has 0 spiro atoms. The maximum absolute atomic E-state index is 11.2. The van der Waals surface area contributed by atoms with Crippen molar-refractivity contribution in [1.29, 1.82) is 0 Å². The third-order valence-electron chi connectivity index (χ3n) is 7.46. The molecular weight excluding hydrogens is 566 g/mol. The summed E-state index contributed by atoms with van der Waals surface area (Å²) in [6, 6.07) is 40.0. The first-order chi connectivity index (χ1) is 19.4. The van der Waals surface area contributed by atoms with E-state index in [0.717, 1.165) is 43.8 Å². The fourth-order valence-corrected chi connectivity index (χ4v) is 5.51. The molecule has 3 heteroatoms. The fraction of sp³-hybridized carbons (Fsp3) is 0.211. The van der Waals surface area contributed by atoms with Crippen molar-refractivity contribution in [2.45, 2.75) is 52.4 Å². The van der Waals surface area contributed by atoms with Gasteiger partial charge in [0.2, 0.25) is 0 Å². The Morgan fingerprint density at radius 1 is 0.537 bits per heavy atom. The number of rotatable bonds is 5. The molecule has 1 N–H and O–H groups in total. The Bertz CT molecular complexity index is 1640. The van der Waals surface area contributed by atoms with Crippen molar-refractivity contribution < 1.29 is 5.11 Å². The average molecular weight is 605 g/mol. The smallest absolute Gasteiger partial charge is 0.118 e. The molecular formula is C38H38BrNO. The highest BCUT2D eigenvalue weighted by atomic mass is 79.9. The maximum Gasteiger partial charge on any atom is 0.118 e. The van der Waals surface area contributed by atoms with E-state index in [1.807, 2.05) is 30.3 Å². The Kier molecular flexibility index (Phi) is 7.85. The van der Waals surface area contributed by atoms with E-state index >= 15 is 0 Å². The van der Waals surface area contributed by atoms with E-state index in [1.165, 1.54) is 11.1 Å². The molecule has 0 radical (unpaired) electrons. The number of nitrogens with zero attached hydrogens (tertiary/aromatic N) is 1. The van der Waals surface area contributed by atoms with Gasteiger partial charge in [0.15, 0.2) is 0 Å². The molecule has 0 aliphatic carbocycles. The summed E-state index contributed by atoms with van der Waals surface area (Å²) in [6.07, 6.45) is 0. The topological polar surface area (TPSA) is 23.5 Å². The second-order valence-electron chi connectivity index (χ2n) is 12.7. The third kappa shape index (κ3) is 6.41. The van der Waals surface area contributed by atoms with Gasteiger partial charge in [0.05, 0.1) is 11.4 Å². The normalized spacial score (nSPS) is 11.9. The summed E-state index contributed by atoms with van der Waals surface area (Å²) in [7, 11) is 0. The summed E-state index contributed by atoms with van der Waals surface area (Å²) in [4.78, 5) is 2.23. The molecule has 5 aromatic carbocycles. The summed E-state index contributed by atoms with van der Waals surface area (Å²) in [5.41, 5.74) is 9.80. The van der Waals surface area contributed by atoms with Crippen molar-refractivity contribution in [3.8, 4) is 28.0 Å². The van der Waals surface area contributed by atoms with E-state index in [1.54, 1.807) is 0 Å². The molecule has 2 nitrogen and oxygen atoms in total. The van der Waals surface area contributed by atoms with Gasteiger partial charge in [0.25, 0.3) is 0 Å². The number of hydrogen-bond donors (Lipinski definition) is 1. The second-order valence-corrected chi connectivity index (χ2v) is 13.7. The summed E-state index contributed by atoms with van der Waals surface area (Å²) in [5, 5.41) is 11.2. The first kappa shape index (κ1) is 28.7. The zero-order valence-electron chi connectivity index (χ0n) is 24.7. The molecule has 0 amide bonds. The lowest BCUT2D eigenvalue weighted by Gasteiger charge is -2.29. The van der Waals surface area contributed by atoms with E-state index in [-0.39, 0.29) is 16.6 Å². The molecule has 0 aromatic heterocycles. The maximum atomic E-state index is 11.2. The van der Waals surface area contributed by atoms with Crippen molar-refractivity contribution in [2.75, 3.05) is 4.90 Å². The minimum absolute atomic E-state index is 0.00730. The standard InChI is InChI=1S/C38H38BrNO/c1-37(2,3)29-19-27(20-30(23-29)38(4,5)6)28-21-33(25-34(41)22-28)40(32-16-12-15-31(39)24-32)36-18-11-10-17-35(36)26-13-8-7-9-14-26/h7-25,41H,1-6H3. The van der Waals surface area contributed by atoms with Crippen LogP contribution in [0.15, 0.2) is 120 Å². The zero-order valence-corrected chi connectivity index (χ0v) is 26.3. The van der Waals surface area contributed by atoms with Gasteiger partial charge in [0.1, 0.15) is 5.75 Å². The van der Waals surface area contributed by atoms with Crippen LogP contribution in [0.3, 0.4) is 0 Å². The van der Waals surface area contributed by atoms with Gasteiger partial charge >= 0.3 is 0 Å². The minimum Gasteiger partial charge on any atom is -0.508 e. The molecule has 0 heterocycles. The van der Waals surface area contributed by atoms with Crippen LogP contribution in [0.4, 0.5) is 17.1 Å². The molecule has 0 fully saturated rings. The first-order valence-corrected chi connectivity index (χ1v) is 14.9. The van der Waals surface area contributed by atoms with E-state index in [2.05, 4.69) is 147 Å². The Morgan fingerprint density at radius 2 is 1.15 bits per heavy atom. The van der Waals surface area contributed by atoms with Crippen molar-refractivity contribution in [3.05, 3.63) is 131 Å². The lowest BCUT2D eigenvalue weighted by Crippen LogP contribution is -2.16. The summed E-state index contributed by atoms with van der Waals surface area (Å²) in [5.74, 6) is 0.230. The fourth-order valence-electron chi connectivity index (χ4n) is 5.12. The number of hydrogen-bond acceptors (Lipinski definition) is 2. The molecule has 0 aliphatic heterocycles. The summed E-state index contributed by atoms with van der Waals surface area (Å²) < 4.78 is 0.991. The van der Waals surface area contributed by atoms with Crippen LogP contribution in [0.25, 0.3) is 22.3 Å². The highest BCUT2D eigenvalue weighted by Crippen LogP contribution is 2.44. The van der Waals surface area contributed by atoms with Crippen molar-refractivity contribution in [2.24, 2.45) is 0 Å². The van der Waals surface area contributed by atoms with Crippen LogP contribution in [-0.2, 0) is 10.8 Å². The van der Waals surface area contributed by atoms with Gasteiger partial charge in [-0.15, -0.1) is 0 Å². The van der Waals surface area contributed by atoms with E-state index in [9.17, 15) is 5.11 Å². The van der Waals surface area contributed by atoms with Crippen LogP contribution < -0.4 is 4.90 Å². The number of phenols is 1. The molecule has 0 unspecified atom stereocenters. The molecule has 41 heavy (non-hydrogen) atoms. The number of aromatic hydroxyl groups is 1. The van der Waals surface area contributed by atoms with Crippen molar-refractivity contribution >= 4 is 33.0 Å². The van der Waals surface area contributed by atoms with Gasteiger partial charge in [-0.25, -0.2) is 0 Å². The highest BCUT2D eigenvalue weighted by Gasteiger charge is 2.23. The number of phenolic OH excluding ortho intramolecular Hbond substituents is 1. The van der Waals surface area contributed by atoms with Crippen LogP contribution in [0.5, 0.6) is 5.75 Å². The lowest BCUT2D eigenvalue weighted by molar-refractivity contribution is 0.476. The highest BCUT2D eigenvalue weighted by molar-refractivity contribution is 9.10. The summed E-state index contributed by atoms with van der Waals surface area (Å²) >= 11 is 3.68. The average Bonchev–Trinajstić information content (AvgIpc) is 2.93. The number of halogens is 1. The van der Waals surface area contributed by atoms with Crippen LogP contribution in [0.2, 0.25) is 0 Å². The van der Waals surface area contributed by atoms with Crippen LogP contribution in [0, 0.1) is 0 Å². The third-order valence-corrected chi connectivity index (χ3v) is 7.95. The van der Waals surface area contributed by atoms with Gasteiger partial charge < -0.3 is 10.0 Å². The van der Waals surface area contributed by atoms with Gasteiger partial charge in [-0.2, -0.15) is 0 Å². The molecule has 0 atom stereocenters. The van der Waals surface area contributed by atoms with Gasteiger partial charge in [-0.05, 0) is 75.0 Å². The van der Waals surface area contributed by atoms with Gasteiger partial charge in [0, 0.05) is 21.8 Å². The van der Waals surface area contributed by atoms with Crippen molar-refractivity contribution in [1.82, 2.24) is 0 Å². The molecule has 208 valence electrons. The Morgan fingerprint density at radius 3 is 1.78 bits per heavy atom. The number of anilines is 3. The predicted octanol–water partition coefficient (Wildman–Crippen LogP) is 11.6. The Hall–Kier alpha value is -3.82. The molecule has 0 bridgehead atoms. The summed E-state index contributed by atoms with van der Waals surface area (Å²) in [6.45, 7) is 13.5. The van der Waals surface area contributed by atoms with E-state index < -0.39 is 0 Å². The SMILES string of the molecule is CC(C)(C)c1cc(-c2cc(O)cc(N(c3cccc(Br)c3)c3ccccc3-c3ccccc3)c2)cc(C(C)(C)C)c1.